The Morgan fingerprint density at radius 3 is 2.33 bits per heavy atom. The molecule has 2 aliphatic heterocycles. The summed E-state index contributed by atoms with van der Waals surface area (Å²) in [6.45, 7) is 11.0. The standard InChI is InChI=1S/C25H46N6O.HI/c1-2-26-25(28-22-10-7-14-31(20-22)23-11-4-3-5-12-23)27-13-15-29-16-18-30(19-17-29)24(32)21-8-6-9-21;/h21-23H,2-20H2,1H3,(H2,26,27,28);1H. The van der Waals surface area contributed by atoms with Gasteiger partial charge in [-0.2, -0.15) is 0 Å². The first-order valence-electron chi connectivity index (χ1n) is 13.5. The molecule has 0 aromatic rings. The van der Waals surface area contributed by atoms with E-state index in [9.17, 15) is 4.79 Å². The van der Waals surface area contributed by atoms with Gasteiger partial charge in [-0.05, 0) is 52.0 Å². The molecule has 0 radical (unpaired) electrons. The van der Waals surface area contributed by atoms with Gasteiger partial charge in [-0.15, -0.1) is 24.0 Å². The molecule has 2 N–H and O–H groups in total. The lowest BCUT2D eigenvalue weighted by molar-refractivity contribution is -0.139. The summed E-state index contributed by atoms with van der Waals surface area (Å²) >= 11 is 0. The van der Waals surface area contributed by atoms with Gasteiger partial charge in [-0.1, -0.05) is 25.7 Å². The molecule has 2 saturated carbocycles. The van der Waals surface area contributed by atoms with Crippen LogP contribution in [0, 0.1) is 5.92 Å². The number of rotatable bonds is 7. The number of nitrogens with one attached hydrogen (secondary N) is 2. The molecule has 1 amide bonds. The van der Waals surface area contributed by atoms with Gasteiger partial charge in [-0.3, -0.25) is 19.6 Å². The number of nitrogens with zero attached hydrogens (tertiary/aromatic N) is 4. The molecule has 2 heterocycles. The summed E-state index contributed by atoms with van der Waals surface area (Å²) in [5, 5.41) is 7.20. The lowest BCUT2D eigenvalue weighted by atomic mass is 9.84. The number of piperidine rings is 1. The third-order valence-corrected chi connectivity index (χ3v) is 8.05. The van der Waals surface area contributed by atoms with E-state index < -0.39 is 0 Å². The second kappa shape index (κ2) is 14.1. The second-order valence-corrected chi connectivity index (χ2v) is 10.3. The third kappa shape index (κ3) is 7.95. The monoisotopic (exact) mass is 574 g/mol. The minimum atomic E-state index is 0. The van der Waals surface area contributed by atoms with E-state index in [1.54, 1.807) is 0 Å². The number of halogens is 1. The second-order valence-electron chi connectivity index (χ2n) is 10.3. The van der Waals surface area contributed by atoms with E-state index in [1.165, 1.54) is 57.9 Å². The maximum Gasteiger partial charge on any atom is 0.225 e. The summed E-state index contributed by atoms with van der Waals surface area (Å²) < 4.78 is 0. The third-order valence-electron chi connectivity index (χ3n) is 8.05. The topological polar surface area (TPSA) is 63.2 Å². The van der Waals surface area contributed by atoms with Crippen LogP contribution >= 0.6 is 24.0 Å². The molecular formula is C25H47IN6O. The Morgan fingerprint density at radius 2 is 1.67 bits per heavy atom. The predicted octanol–water partition coefficient (Wildman–Crippen LogP) is 2.90. The van der Waals surface area contributed by atoms with Gasteiger partial charge >= 0.3 is 0 Å². The van der Waals surface area contributed by atoms with Gasteiger partial charge in [0, 0.05) is 63.8 Å². The minimum Gasteiger partial charge on any atom is -0.357 e. The molecule has 33 heavy (non-hydrogen) atoms. The molecule has 0 aromatic heterocycles. The summed E-state index contributed by atoms with van der Waals surface area (Å²) in [7, 11) is 0. The van der Waals surface area contributed by atoms with Crippen LogP contribution in [0.3, 0.4) is 0 Å². The molecule has 4 fully saturated rings. The highest BCUT2D eigenvalue weighted by molar-refractivity contribution is 14.0. The fourth-order valence-electron chi connectivity index (χ4n) is 5.82. The SMILES string of the molecule is CCNC(=NCCN1CCN(C(=O)C2CCC2)CC1)NC1CCCN(C2CCCCC2)C1.I. The summed E-state index contributed by atoms with van der Waals surface area (Å²) in [4.78, 5) is 24.6. The minimum absolute atomic E-state index is 0. The number of amides is 1. The van der Waals surface area contributed by atoms with Crippen molar-refractivity contribution in [3.63, 3.8) is 0 Å². The Balaban J connectivity index is 0.00000306. The van der Waals surface area contributed by atoms with Gasteiger partial charge in [0.25, 0.3) is 0 Å². The van der Waals surface area contributed by atoms with Crippen LogP contribution in [0.25, 0.3) is 0 Å². The normalized spacial score (nSPS) is 26.4. The molecule has 0 aromatic carbocycles. The van der Waals surface area contributed by atoms with Crippen LogP contribution in [0.2, 0.25) is 0 Å². The van der Waals surface area contributed by atoms with Gasteiger partial charge in [0.15, 0.2) is 5.96 Å². The highest BCUT2D eigenvalue weighted by atomic mass is 127. The van der Waals surface area contributed by atoms with Crippen molar-refractivity contribution in [2.75, 3.05) is 58.9 Å². The zero-order chi connectivity index (χ0) is 22.2. The van der Waals surface area contributed by atoms with Crippen molar-refractivity contribution in [1.29, 1.82) is 0 Å². The lowest BCUT2D eigenvalue weighted by Crippen LogP contribution is -2.54. The average molecular weight is 575 g/mol. The zero-order valence-electron chi connectivity index (χ0n) is 20.8. The van der Waals surface area contributed by atoms with Crippen LogP contribution in [-0.2, 0) is 4.79 Å². The number of guanidine groups is 1. The number of carbonyl (C=O) groups excluding carboxylic acids is 1. The van der Waals surface area contributed by atoms with E-state index in [-0.39, 0.29) is 24.0 Å². The molecule has 2 aliphatic carbocycles. The molecule has 1 atom stereocenters. The van der Waals surface area contributed by atoms with Crippen LogP contribution in [-0.4, -0.2) is 97.6 Å². The highest BCUT2D eigenvalue weighted by Crippen LogP contribution is 2.28. The molecule has 2 saturated heterocycles. The van der Waals surface area contributed by atoms with E-state index in [1.807, 2.05) is 0 Å². The Morgan fingerprint density at radius 1 is 0.909 bits per heavy atom. The van der Waals surface area contributed by atoms with Crippen LogP contribution in [0.15, 0.2) is 4.99 Å². The van der Waals surface area contributed by atoms with E-state index in [4.69, 9.17) is 4.99 Å². The first-order chi connectivity index (χ1) is 15.7. The molecular weight excluding hydrogens is 527 g/mol. The van der Waals surface area contributed by atoms with Crippen LogP contribution in [0.4, 0.5) is 0 Å². The van der Waals surface area contributed by atoms with Crippen molar-refractivity contribution in [3.8, 4) is 0 Å². The number of likely N-dealkylation sites (tertiary alicyclic amines) is 1. The molecule has 0 spiro atoms. The van der Waals surface area contributed by atoms with E-state index in [2.05, 4.69) is 32.3 Å². The highest BCUT2D eigenvalue weighted by Gasteiger charge is 2.31. The van der Waals surface area contributed by atoms with Crippen molar-refractivity contribution >= 4 is 35.8 Å². The van der Waals surface area contributed by atoms with E-state index >= 15 is 0 Å². The fourth-order valence-corrected chi connectivity index (χ4v) is 5.82. The Hall–Kier alpha value is -0.610. The van der Waals surface area contributed by atoms with Gasteiger partial charge in [0.05, 0.1) is 6.54 Å². The van der Waals surface area contributed by atoms with Crippen LogP contribution < -0.4 is 10.6 Å². The Kier molecular flexibility index (Phi) is 11.5. The lowest BCUT2D eigenvalue weighted by Gasteiger charge is -2.40. The summed E-state index contributed by atoms with van der Waals surface area (Å²) in [6, 6.07) is 1.31. The average Bonchev–Trinajstić information content (AvgIpc) is 2.79. The molecule has 0 bridgehead atoms. The molecule has 1 unspecified atom stereocenters. The van der Waals surface area contributed by atoms with Crippen molar-refractivity contribution in [2.24, 2.45) is 10.9 Å². The van der Waals surface area contributed by atoms with Crippen molar-refractivity contribution in [2.45, 2.75) is 83.2 Å². The number of carbonyl (C=O) groups is 1. The predicted molar refractivity (Wildman–Crippen MR) is 146 cm³/mol. The Bertz CT molecular complexity index is 614. The van der Waals surface area contributed by atoms with E-state index in [0.29, 0.717) is 17.9 Å². The first-order valence-corrected chi connectivity index (χ1v) is 13.5. The Labute approximate surface area is 218 Å². The number of aliphatic imine (C=N–C) groups is 1. The number of piperazine rings is 1. The van der Waals surface area contributed by atoms with Gasteiger partial charge in [-0.25, -0.2) is 0 Å². The maximum atomic E-state index is 12.4. The van der Waals surface area contributed by atoms with Crippen molar-refractivity contribution < 1.29 is 4.79 Å². The van der Waals surface area contributed by atoms with Crippen molar-refractivity contribution in [1.82, 2.24) is 25.3 Å². The number of hydrogen-bond donors (Lipinski definition) is 2. The maximum absolute atomic E-state index is 12.4. The first kappa shape index (κ1) is 27.0. The molecule has 7 nitrogen and oxygen atoms in total. The van der Waals surface area contributed by atoms with Gasteiger partial charge < -0.3 is 15.5 Å². The molecule has 4 rings (SSSR count). The summed E-state index contributed by atoms with van der Waals surface area (Å²) in [6.07, 6.45) is 13.0. The molecule has 4 aliphatic rings. The largest absolute Gasteiger partial charge is 0.357 e. The van der Waals surface area contributed by atoms with Crippen LogP contribution in [0.1, 0.15) is 71.1 Å². The summed E-state index contributed by atoms with van der Waals surface area (Å²) in [5.74, 6) is 1.71. The summed E-state index contributed by atoms with van der Waals surface area (Å²) in [5.41, 5.74) is 0. The van der Waals surface area contributed by atoms with Gasteiger partial charge in [0.1, 0.15) is 0 Å². The van der Waals surface area contributed by atoms with Gasteiger partial charge in [0.2, 0.25) is 5.91 Å². The molecule has 8 heteroatoms. The van der Waals surface area contributed by atoms with Crippen molar-refractivity contribution in [3.05, 3.63) is 0 Å². The zero-order valence-corrected chi connectivity index (χ0v) is 23.1. The fraction of sp³-hybridized carbons (Fsp3) is 0.920. The van der Waals surface area contributed by atoms with Crippen LogP contribution in [0.5, 0.6) is 0 Å². The number of hydrogen-bond acceptors (Lipinski definition) is 4. The smallest absolute Gasteiger partial charge is 0.225 e. The van der Waals surface area contributed by atoms with E-state index in [0.717, 1.165) is 77.2 Å². The molecule has 190 valence electrons. The quantitative estimate of drug-likeness (QED) is 0.278.